The molecular formula is C18H30N2O. The number of benzene rings is 1. The molecule has 3 nitrogen and oxygen atoms in total. The summed E-state index contributed by atoms with van der Waals surface area (Å²) in [5.41, 5.74) is 1.54. The third-order valence-corrected chi connectivity index (χ3v) is 4.67. The van der Waals surface area contributed by atoms with Crippen molar-refractivity contribution in [2.24, 2.45) is 5.41 Å². The van der Waals surface area contributed by atoms with E-state index in [0.29, 0.717) is 12.1 Å². The second-order valence-electron chi connectivity index (χ2n) is 6.88. The maximum absolute atomic E-state index is 5.48. The Labute approximate surface area is 129 Å². The predicted octanol–water partition coefficient (Wildman–Crippen LogP) is 3.08. The van der Waals surface area contributed by atoms with Crippen molar-refractivity contribution in [1.82, 2.24) is 10.2 Å². The molecule has 0 saturated carbocycles. The highest BCUT2D eigenvalue weighted by Gasteiger charge is 2.32. The van der Waals surface area contributed by atoms with Crippen molar-refractivity contribution >= 4 is 0 Å². The lowest BCUT2D eigenvalue weighted by Gasteiger charge is -2.41. The molecule has 1 aliphatic rings. The second kappa shape index (κ2) is 7.39. The van der Waals surface area contributed by atoms with Crippen LogP contribution in [0.5, 0.6) is 0 Å². The fraction of sp³-hybridized carbons (Fsp3) is 0.667. The largest absolute Gasteiger partial charge is 0.381 e. The summed E-state index contributed by atoms with van der Waals surface area (Å²) in [6.45, 7) is 7.61. The number of hydrogen-bond acceptors (Lipinski definition) is 3. The predicted molar refractivity (Wildman–Crippen MR) is 88.5 cm³/mol. The number of hydrogen-bond donors (Lipinski definition) is 1. The molecule has 1 unspecified atom stereocenters. The van der Waals surface area contributed by atoms with Crippen LogP contribution < -0.4 is 5.32 Å². The first-order valence-corrected chi connectivity index (χ1v) is 8.05. The van der Waals surface area contributed by atoms with Crippen molar-refractivity contribution in [3.8, 4) is 0 Å². The lowest BCUT2D eigenvalue weighted by atomic mass is 9.79. The van der Waals surface area contributed by atoms with E-state index in [2.05, 4.69) is 68.5 Å². The normalized spacial score (nSPS) is 18.9. The molecule has 0 spiro atoms. The van der Waals surface area contributed by atoms with Crippen molar-refractivity contribution < 1.29 is 4.74 Å². The molecule has 1 atom stereocenters. The maximum Gasteiger partial charge on any atom is 0.0480 e. The van der Waals surface area contributed by atoms with Crippen LogP contribution in [0.3, 0.4) is 0 Å². The van der Waals surface area contributed by atoms with Gasteiger partial charge in [0.05, 0.1) is 0 Å². The van der Waals surface area contributed by atoms with E-state index in [1.54, 1.807) is 0 Å². The first-order valence-electron chi connectivity index (χ1n) is 8.05. The van der Waals surface area contributed by atoms with Crippen LogP contribution >= 0.6 is 0 Å². The minimum atomic E-state index is 0.170. The molecule has 3 heteroatoms. The highest BCUT2D eigenvalue weighted by molar-refractivity contribution is 5.21. The van der Waals surface area contributed by atoms with Crippen molar-refractivity contribution in [1.29, 1.82) is 0 Å². The molecule has 118 valence electrons. The Balaban J connectivity index is 2.04. The van der Waals surface area contributed by atoms with Crippen LogP contribution in [-0.2, 0) is 4.74 Å². The van der Waals surface area contributed by atoms with Gasteiger partial charge in [-0.25, -0.2) is 0 Å². The first kappa shape index (κ1) is 16.5. The monoisotopic (exact) mass is 290 g/mol. The van der Waals surface area contributed by atoms with E-state index in [4.69, 9.17) is 4.74 Å². The van der Waals surface area contributed by atoms with Gasteiger partial charge in [0.2, 0.25) is 0 Å². The Morgan fingerprint density at radius 1 is 1.24 bits per heavy atom. The Hall–Kier alpha value is -0.900. The summed E-state index contributed by atoms with van der Waals surface area (Å²) in [5, 5.41) is 3.52. The number of nitrogens with zero attached hydrogens (tertiary/aromatic N) is 1. The molecule has 1 heterocycles. The standard InChI is InChI=1S/C18H30N2O/c1-18(2,14-20(4)16-10-12-21-13-11-16)17(19-3)15-8-6-5-7-9-15/h5-9,16-17,19H,10-14H2,1-4H3. The molecule has 1 aliphatic heterocycles. The smallest absolute Gasteiger partial charge is 0.0480 e. The minimum absolute atomic E-state index is 0.170. The van der Waals surface area contributed by atoms with Crippen LogP contribution in [0.2, 0.25) is 0 Å². The van der Waals surface area contributed by atoms with Gasteiger partial charge >= 0.3 is 0 Å². The quantitative estimate of drug-likeness (QED) is 0.871. The third-order valence-electron chi connectivity index (χ3n) is 4.67. The SMILES string of the molecule is CNC(c1ccccc1)C(C)(C)CN(C)C1CCOCC1. The van der Waals surface area contributed by atoms with Gasteiger partial charge in [-0.15, -0.1) is 0 Å². The maximum atomic E-state index is 5.48. The van der Waals surface area contributed by atoms with Crippen LogP contribution in [-0.4, -0.2) is 44.8 Å². The third kappa shape index (κ3) is 4.29. The van der Waals surface area contributed by atoms with E-state index in [0.717, 1.165) is 32.6 Å². The Kier molecular flexibility index (Phi) is 5.80. The Morgan fingerprint density at radius 2 is 1.86 bits per heavy atom. The fourth-order valence-corrected chi connectivity index (χ4v) is 3.64. The summed E-state index contributed by atoms with van der Waals surface area (Å²) in [6.07, 6.45) is 2.31. The van der Waals surface area contributed by atoms with Crippen LogP contribution in [0, 0.1) is 5.41 Å². The van der Waals surface area contributed by atoms with Gasteiger partial charge in [-0.2, -0.15) is 0 Å². The topological polar surface area (TPSA) is 24.5 Å². The Bertz CT molecular complexity index is 412. The molecule has 1 aromatic carbocycles. The molecule has 0 aliphatic carbocycles. The van der Waals surface area contributed by atoms with Crippen LogP contribution in [0.25, 0.3) is 0 Å². The van der Waals surface area contributed by atoms with E-state index < -0.39 is 0 Å². The molecule has 1 saturated heterocycles. The summed E-state index contributed by atoms with van der Waals surface area (Å²) < 4.78 is 5.48. The fourth-order valence-electron chi connectivity index (χ4n) is 3.64. The second-order valence-corrected chi connectivity index (χ2v) is 6.88. The summed E-state index contributed by atoms with van der Waals surface area (Å²) in [4.78, 5) is 2.52. The number of nitrogens with one attached hydrogen (secondary N) is 1. The molecular weight excluding hydrogens is 260 g/mol. The zero-order valence-corrected chi connectivity index (χ0v) is 13.9. The van der Waals surface area contributed by atoms with Crippen molar-refractivity contribution in [2.45, 2.75) is 38.8 Å². The molecule has 0 radical (unpaired) electrons. The minimum Gasteiger partial charge on any atom is -0.381 e. The van der Waals surface area contributed by atoms with Crippen molar-refractivity contribution in [3.63, 3.8) is 0 Å². The van der Waals surface area contributed by atoms with Gasteiger partial charge < -0.3 is 15.0 Å². The van der Waals surface area contributed by atoms with Gasteiger partial charge in [0, 0.05) is 31.8 Å². The van der Waals surface area contributed by atoms with E-state index in [1.165, 1.54) is 5.56 Å². The van der Waals surface area contributed by atoms with E-state index in [-0.39, 0.29) is 5.41 Å². The molecule has 2 rings (SSSR count). The van der Waals surface area contributed by atoms with Crippen LogP contribution in [0.15, 0.2) is 30.3 Å². The first-order chi connectivity index (χ1) is 10.0. The zero-order valence-electron chi connectivity index (χ0n) is 13.9. The van der Waals surface area contributed by atoms with Gasteiger partial charge in [0.1, 0.15) is 0 Å². The van der Waals surface area contributed by atoms with Gasteiger partial charge in [0.25, 0.3) is 0 Å². The van der Waals surface area contributed by atoms with E-state index >= 15 is 0 Å². The molecule has 1 aromatic rings. The summed E-state index contributed by atoms with van der Waals surface area (Å²) in [7, 11) is 4.32. The molecule has 1 fully saturated rings. The Morgan fingerprint density at radius 3 is 2.43 bits per heavy atom. The highest BCUT2D eigenvalue weighted by Crippen LogP contribution is 2.34. The number of ether oxygens (including phenoxy) is 1. The average Bonchev–Trinajstić information content (AvgIpc) is 2.49. The van der Waals surface area contributed by atoms with Crippen LogP contribution in [0.1, 0.15) is 38.3 Å². The highest BCUT2D eigenvalue weighted by atomic mass is 16.5. The summed E-state index contributed by atoms with van der Waals surface area (Å²) in [5.74, 6) is 0. The van der Waals surface area contributed by atoms with Gasteiger partial charge in [-0.3, -0.25) is 0 Å². The van der Waals surface area contributed by atoms with E-state index in [1.807, 2.05) is 0 Å². The molecule has 0 aromatic heterocycles. The van der Waals surface area contributed by atoms with Gasteiger partial charge in [-0.05, 0) is 37.9 Å². The number of rotatable bonds is 6. The molecule has 0 bridgehead atoms. The summed E-state index contributed by atoms with van der Waals surface area (Å²) >= 11 is 0. The van der Waals surface area contributed by atoms with Crippen LogP contribution in [0.4, 0.5) is 0 Å². The van der Waals surface area contributed by atoms with Crippen molar-refractivity contribution in [2.75, 3.05) is 33.9 Å². The lowest BCUT2D eigenvalue weighted by molar-refractivity contribution is 0.0265. The molecule has 1 N–H and O–H groups in total. The van der Waals surface area contributed by atoms with Gasteiger partial charge in [0.15, 0.2) is 0 Å². The average molecular weight is 290 g/mol. The molecule has 0 amide bonds. The lowest BCUT2D eigenvalue weighted by Crippen LogP contribution is -2.45. The van der Waals surface area contributed by atoms with Gasteiger partial charge in [-0.1, -0.05) is 44.2 Å². The summed E-state index contributed by atoms with van der Waals surface area (Å²) in [6, 6.07) is 11.8. The van der Waals surface area contributed by atoms with E-state index in [9.17, 15) is 0 Å². The van der Waals surface area contributed by atoms with Crippen molar-refractivity contribution in [3.05, 3.63) is 35.9 Å². The zero-order chi connectivity index (χ0) is 15.3. The molecule has 21 heavy (non-hydrogen) atoms.